The first kappa shape index (κ1) is 10.9. The molecule has 0 heterocycles. The van der Waals surface area contributed by atoms with Gasteiger partial charge in [0.1, 0.15) is 0 Å². The minimum atomic E-state index is -4.52. The molecule has 0 aliphatic carbocycles. The summed E-state index contributed by atoms with van der Waals surface area (Å²) in [7, 11) is -4.52. The Labute approximate surface area is 74.5 Å². The summed E-state index contributed by atoms with van der Waals surface area (Å²) >= 11 is 0. The second-order valence-corrected chi connectivity index (χ2v) is 3.34. The van der Waals surface area contributed by atoms with Gasteiger partial charge in [-0.25, -0.2) is 0 Å². The summed E-state index contributed by atoms with van der Waals surface area (Å²) in [5.74, 6) is 0. The average Bonchev–Trinajstić information content (AvgIpc) is 1.88. The van der Waals surface area contributed by atoms with Gasteiger partial charge in [0.2, 0.25) is 0 Å². The third-order valence-corrected chi connectivity index (χ3v) is 2.00. The number of benzene rings is 1. The topological polar surface area (TPSA) is 63.2 Å². The molecule has 11 heavy (non-hydrogen) atoms. The Hall–Kier alpha value is -0.136. The van der Waals surface area contributed by atoms with Crippen LogP contribution in [0.15, 0.2) is 30.3 Å². The van der Waals surface area contributed by atoms with Crippen LogP contribution in [-0.4, -0.2) is 0 Å². The maximum Gasteiger partial charge on any atom is 2.00 e. The van der Waals surface area contributed by atoms with Crippen molar-refractivity contribution in [1.29, 1.82) is 0 Å². The van der Waals surface area contributed by atoms with E-state index >= 15 is 0 Å². The van der Waals surface area contributed by atoms with E-state index in [1.165, 1.54) is 24.3 Å². The van der Waals surface area contributed by atoms with Crippen LogP contribution < -0.4 is 15.1 Å². The van der Waals surface area contributed by atoms with Gasteiger partial charge in [0.15, 0.2) is 0 Å². The van der Waals surface area contributed by atoms with Crippen LogP contribution in [0.2, 0.25) is 0 Å². The normalized spacial score (nSPS) is 10.4. The van der Waals surface area contributed by atoms with Crippen molar-refractivity contribution in [2.75, 3.05) is 0 Å². The van der Waals surface area contributed by atoms with E-state index in [1.807, 2.05) is 0 Å². The van der Waals surface area contributed by atoms with Crippen molar-refractivity contribution in [2.24, 2.45) is 0 Å². The van der Waals surface area contributed by atoms with Gasteiger partial charge in [-0.2, -0.15) is 0 Å². The van der Waals surface area contributed by atoms with E-state index in [9.17, 15) is 14.4 Å². The second-order valence-electron chi connectivity index (χ2n) is 1.83. The molecule has 0 aliphatic rings. The molecule has 3 nitrogen and oxygen atoms in total. The van der Waals surface area contributed by atoms with Crippen LogP contribution in [0, 0.1) is 0 Å². The van der Waals surface area contributed by atoms with Gasteiger partial charge in [-0.05, 0) is 12.9 Å². The Bertz CT molecular complexity index is 256. The van der Waals surface area contributed by atoms with Gasteiger partial charge in [0, 0.05) is 0 Å². The molecule has 0 saturated heterocycles. The number of hydrogen-bond acceptors (Lipinski definition) is 3. The van der Waals surface area contributed by atoms with Crippen LogP contribution in [0.4, 0.5) is 0 Å². The quantitative estimate of drug-likeness (QED) is 0.455. The van der Waals surface area contributed by atoms with Crippen molar-refractivity contribution >= 4 is 12.9 Å². The van der Waals surface area contributed by atoms with Crippen LogP contribution in [-0.2, 0) is 21.1 Å². The molecule has 62 valence electrons. The largest absolute Gasteiger partial charge is 2.00 e. The van der Waals surface area contributed by atoms with Gasteiger partial charge in [-0.1, -0.05) is 30.3 Å². The van der Waals surface area contributed by atoms with E-state index in [1.54, 1.807) is 6.07 Å². The predicted octanol–water partition coefficient (Wildman–Crippen LogP) is -0.777. The van der Waals surface area contributed by atoms with E-state index in [0.717, 1.165) is 0 Å². The van der Waals surface area contributed by atoms with E-state index in [0.29, 0.717) is 0 Å². The van der Waals surface area contributed by atoms with Gasteiger partial charge < -0.3 is 14.4 Å². The first-order valence-electron chi connectivity index (χ1n) is 2.68. The molecule has 1 rings (SSSR count). The predicted molar refractivity (Wildman–Crippen MR) is 33.7 cm³/mol. The molecule has 1 aromatic carbocycles. The molecule has 0 unspecified atom stereocenters. The van der Waals surface area contributed by atoms with Gasteiger partial charge in [-0.3, -0.25) is 0 Å². The molecule has 0 fully saturated rings. The minimum Gasteiger partial charge on any atom is -0.807 e. The zero-order valence-corrected chi connectivity index (χ0v) is 7.26. The molecule has 1 aromatic rings. The zero-order valence-electron chi connectivity index (χ0n) is 5.37. The van der Waals surface area contributed by atoms with Crippen LogP contribution >= 0.6 is 7.60 Å². The van der Waals surface area contributed by atoms with E-state index < -0.39 is 7.60 Å². The Balaban J connectivity index is 0.000001000. The summed E-state index contributed by atoms with van der Waals surface area (Å²) in [6.07, 6.45) is 0. The molecule has 0 bridgehead atoms. The smallest absolute Gasteiger partial charge is 0.807 e. The summed E-state index contributed by atoms with van der Waals surface area (Å²) < 4.78 is 10.3. The van der Waals surface area contributed by atoms with Crippen LogP contribution in [0.25, 0.3) is 0 Å². The zero-order chi connectivity index (χ0) is 7.61. The maximum absolute atomic E-state index is 10.3. The fraction of sp³-hybridized carbons (Fsp3) is 0. The van der Waals surface area contributed by atoms with Gasteiger partial charge >= 0.3 is 16.5 Å². The third-order valence-electron chi connectivity index (χ3n) is 1.07. The molecule has 0 spiro atoms. The molecular formula is C6H5NiO3P. The minimum absolute atomic E-state index is 0. The molecule has 5 heteroatoms. The molecule has 0 saturated carbocycles. The van der Waals surface area contributed by atoms with Gasteiger partial charge in [0.25, 0.3) is 0 Å². The molecule has 0 amide bonds. The Kier molecular flexibility index (Phi) is 3.98. The van der Waals surface area contributed by atoms with Gasteiger partial charge in [-0.15, -0.1) is 0 Å². The molecular weight excluding hydrogens is 210 g/mol. The number of hydrogen-bond donors (Lipinski definition) is 0. The fourth-order valence-corrected chi connectivity index (χ4v) is 1.15. The Morgan fingerprint density at radius 3 is 1.82 bits per heavy atom. The summed E-state index contributed by atoms with van der Waals surface area (Å²) in [6, 6.07) is 7.23. The monoisotopic (exact) mass is 214 g/mol. The summed E-state index contributed by atoms with van der Waals surface area (Å²) in [4.78, 5) is 20.6. The number of rotatable bonds is 1. The van der Waals surface area contributed by atoms with Crippen LogP contribution in [0.3, 0.4) is 0 Å². The standard InChI is InChI=1S/C6H7O3P.Ni/c7-10(8,9)6-4-2-1-3-5-6;/h1-5H,(H2,7,8,9);/q;+2/p-2. The summed E-state index contributed by atoms with van der Waals surface area (Å²) in [5, 5.41) is -0.157. The van der Waals surface area contributed by atoms with Crippen molar-refractivity contribution in [3.8, 4) is 0 Å². The van der Waals surface area contributed by atoms with Crippen LogP contribution in [0.5, 0.6) is 0 Å². The molecule has 0 aromatic heterocycles. The third kappa shape index (κ3) is 3.17. The molecule has 0 atom stereocenters. The van der Waals surface area contributed by atoms with E-state index in [-0.39, 0.29) is 21.8 Å². The van der Waals surface area contributed by atoms with Crippen molar-refractivity contribution in [2.45, 2.75) is 0 Å². The van der Waals surface area contributed by atoms with E-state index in [2.05, 4.69) is 0 Å². The first-order valence-corrected chi connectivity index (χ1v) is 4.22. The van der Waals surface area contributed by atoms with Crippen molar-refractivity contribution in [3.63, 3.8) is 0 Å². The van der Waals surface area contributed by atoms with Crippen LogP contribution in [0.1, 0.15) is 0 Å². The van der Waals surface area contributed by atoms with Crippen molar-refractivity contribution in [1.82, 2.24) is 0 Å². The Morgan fingerprint density at radius 2 is 1.55 bits per heavy atom. The maximum atomic E-state index is 10.3. The Morgan fingerprint density at radius 1 is 1.09 bits per heavy atom. The summed E-state index contributed by atoms with van der Waals surface area (Å²) in [6.45, 7) is 0. The van der Waals surface area contributed by atoms with Crippen molar-refractivity contribution in [3.05, 3.63) is 30.3 Å². The van der Waals surface area contributed by atoms with Gasteiger partial charge in [0.05, 0.1) is 0 Å². The SMILES string of the molecule is O=P([O-])([O-])c1ccccc1.[Ni+2]. The van der Waals surface area contributed by atoms with Crippen molar-refractivity contribution < 1.29 is 30.8 Å². The molecule has 0 aliphatic heterocycles. The average molecular weight is 215 g/mol. The molecule has 0 radical (unpaired) electrons. The summed E-state index contributed by atoms with van der Waals surface area (Å²) in [5.41, 5.74) is 0. The van der Waals surface area contributed by atoms with E-state index in [4.69, 9.17) is 0 Å². The second kappa shape index (κ2) is 4.03. The molecule has 0 N–H and O–H groups in total. The fourth-order valence-electron chi connectivity index (χ4n) is 0.611. The first-order chi connectivity index (χ1) is 4.61.